The van der Waals surface area contributed by atoms with Gasteiger partial charge in [0.15, 0.2) is 23.0 Å². The van der Waals surface area contributed by atoms with Gasteiger partial charge in [0.2, 0.25) is 5.75 Å². The van der Waals surface area contributed by atoms with Crippen LogP contribution in [0.15, 0.2) is 45.6 Å². The molecule has 0 spiro atoms. The van der Waals surface area contributed by atoms with Gasteiger partial charge in [0, 0.05) is 12.1 Å². The van der Waals surface area contributed by atoms with Crippen molar-refractivity contribution in [3.05, 3.63) is 46.6 Å². The summed E-state index contributed by atoms with van der Waals surface area (Å²) in [6.07, 6.45) is -7.75. The summed E-state index contributed by atoms with van der Waals surface area (Å²) in [5.74, 6) is -3.69. The lowest BCUT2D eigenvalue weighted by Crippen LogP contribution is -2.48. The van der Waals surface area contributed by atoms with Gasteiger partial charge in [-0.2, -0.15) is 0 Å². The smallest absolute Gasteiger partial charge is 0.343 e. The fraction of sp³-hybridized carbons (Fsp3) is 0.273. The van der Waals surface area contributed by atoms with Crippen molar-refractivity contribution >= 4 is 16.9 Å². The van der Waals surface area contributed by atoms with Crippen molar-refractivity contribution in [2.45, 2.75) is 31.3 Å². The first-order chi connectivity index (χ1) is 15.6. The van der Waals surface area contributed by atoms with Crippen LogP contribution < -0.4 is 14.9 Å². The van der Waals surface area contributed by atoms with Crippen molar-refractivity contribution in [2.24, 2.45) is 0 Å². The van der Waals surface area contributed by atoms with Crippen LogP contribution in [-0.4, -0.2) is 68.1 Å². The summed E-state index contributed by atoms with van der Waals surface area (Å²) in [7, 11) is 1.42. The summed E-state index contributed by atoms with van der Waals surface area (Å²) in [6.45, 7) is 1.13. The van der Waals surface area contributed by atoms with E-state index in [1.54, 1.807) is 24.3 Å². The summed E-state index contributed by atoms with van der Waals surface area (Å²) >= 11 is 0. The average molecular weight is 462 g/mol. The fourth-order valence-corrected chi connectivity index (χ4v) is 3.11. The predicted molar refractivity (Wildman–Crippen MR) is 113 cm³/mol. The second-order valence-corrected chi connectivity index (χ2v) is 7.21. The SMILES string of the molecule is COc1ccccc1-c1cc(=O)c2c(O)c(O)c(OC(=O)[C@H](O)[C@@H](O)[C@H](O)[C@@H](C)O)cc2o1. The fourth-order valence-electron chi connectivity index (χ4n) is 3.11. The van der Waals surface area contributed by atoms with Gasteiger partial charge in [-0.3, -0.25) is 4.79 Å². The number of aliphatic hydroxyl groups is 4. The van der Waals surface area contributed by atoms with Gasteiger partial charge in [0.05, 0.1) is 18.8 Å². The Hall–Kier alpha value is -3.64. The molecular weight excluding hydrogens is 440 g/mol. The Labute approximate surface area is 186 Å². The summed E-state index contributed by atoms with van der Waals surface area (Å²) < 4.78 is 15.8. The second kappa shape index (κ2) is 9.46. The molecule has 33 heavy (non-hydrogen) atoms. The maximum atomic E-state index is 12.6. The number of aliphatic hydroxyl groups excluding tert-OH is 4. The maximum Gasteiger partial charge on any atom is 0.343 e. The number of phenolic OH excluding ortho intramolecular Hbond substituents is 2. The van der Waals surface area contributed by atoms with Gasteiger partial charge in [-0.25, -0.2) is 4.79 Å². The minimum absolute atomic E-state index is 0.0582. The molecule has 0 aliphatic rings. The van der Waals surface area contributed by atoms with E-state index in [0.717, 1.165) is 19.1 Å². The summed E-state index contributed by atoms with van der Waals surface area (Å²) in [5, 5.41) is 58.7. The molecule has 3 rings (SSSR count). The van der Waals surface area contributed by atoms with Crippen LogP contribution >= 0.6 is 0 Å². The Morgan fingerprint density at radius 3 is 2.27 bits per heavy atom. The van der Waals surface area contributed by atoms with Gasteiger partial charge in [0.1, 0.15) is 34.7 Å². The van der Waals surface area contributed by atoms with Crippen LogP contribution in [0, 0.1) is 0 Å². The number of ether oxygens (including phenoxy) is 2. The average Bonchev–Trinajstić information content (AvgIpc) is 2.80. The number of carbonyl (C=O) groups excluding carboxylic acids is 1. The molecule has 0 aliphatic carbocycles. The van der Waals surface area contributed by atoms with E-state index in [4.69, 9.17) is 13.9 Å². The third kappa shape index (κ3) is 4.61. The quantitative estimate of drug-likeness (QED) is 0.160. The monoisotopic (exact) mass is 462 g/mol. The molecule has 0 saturated heterocycles. The first-order valence-corrected chi connectivity index (χ1v) is 9.67. The number of esters is 1. The largest absolute Gasteiger partial charge is 0.504 e. The van der Waals surface area contributed by atoms with E-state index in [-0.39, 0.29) is 11.3 Å². The number of fused-ring (bicyclic) bond motifs is 1. The number of phenols is 2. The topological polar surface area (TPSA) is 187 Å². The zero-order valence-corrected chi connectivity index (χ0v) is 17.5. The lowest BCUT2D eigenvalue weighted by molar-refractivity contribution is -0.159. The lowest BCUT2D eigenvalue weighted by Gasteiger charge is -2.23. The molecular formula is C22H22O11. The molecule has 2 aromatic carbocycles. The van der Waals surface area contributed by atoms with Crippen molar-refractivity contribution in [1.82, 2.24) is 0 Å². The normalized spacial score (nSPS) is 15.0. The number of para-hydroxylation sites is 1. The molecule has 1 aromatic heterocycles. The summed E-state index contributed by atoms with van der Waals surface area (Å²) in [5.41, 5.74) is -0.560. The molecule has 0 bridgehead atoms. The van der Waals surface area contributed by atoms with Gasteiger partial charge in [-0.15, -0.1) is 0 Å². The Kier molecular flexibility index (Phi) is 6.89. The molecule has 4 atom stereocenters. The first kappa shape index (κ1) is 24.0. The number of carbonyl (C=O) groups is 1. The first-order valence-electron chi connectivity index (χ1n) is 9.67. The van der Waals surface area contributed by atoms with E-state index in [0.29, 0.717) is 11.3 Å². The molecule has 11 heteroatoms. The zero-order chi connectivity index (χ0) is 24.4. The number of rotatable bonds is 7. The number of methoxy groups -OCH3 is 1. The van der Waals surface area contributed by atoms with Crippen molar-refractivity contribution < 1.29 is 49.3 Å². The molecule has 0 unspecified atom stereocenters. The molecule has 176 valence electrons. The van der Waals surface area contributed by atoms with E-state index >= 15 is 0 Å². The Balaban J connectivity index is 2.04. The third-order valence-electron chi connectivity index (χ3n) is 4.92. The minimum atomic E-state index is -2.31. The molecule has 0 amide bonds. The van der Waals surface area contributed by atoms with Crippen molar-refractivity contribution in [2.75, 3.05) is 7.11 Å². The van der Waals surface area contributed by atoms with E-state index in [9.17, 15) is 40.2 Å². The molecule has 0 aliphatic heterocycles. The van der Waals surface area contributed by atoms with Crippen molar-refractivity contribution in [1.29, 1.82) is 0 Å². The zero-order valence-electron chi connectivity index (χ0n) is 17.5. The highest BCUT2D eigenvalue weighted by atomic mass is 16.6. The lowest BCUT2D eigenvalue weighted by atomic mass is 10.0. The molecule has 0 fully saturated rings. The van der Waals surface area contributed by atoms with Crippen LogP contribution in [-0.2, 0) is 4.79 Å². The van der Waals surface area contributed by atoms with E-state index in [1.165, 1.54) is 7.11 Å². The summed E-state index contributed by atoms with van der Waals surface area (Å²) in [6, 6.07) is 8.66. The van der Waals surface area contributed by atoms with Gasteiger partial charge >= 0.3 is 5.97 Å². The van der Waals surface area contributed by atoms with Gasteiger partial charge < -0.3 is 44.5 Å². The Morgan fingerprint density at radius 1 is 0.970 bits per heavy atom. The van der Waals surface area contributed by atoms with E-state index in [2.05, 4.69) is 0 Å². The number of benzene rings is 2. The van der Waals surface area contributed by atoms with Crippen LogP contribution in [0.2, 0.25) is 0 Å². The van der Waals surface area contributed by atoms with Crippen LogP contribution in [0.25, 0.3) is 22.3 Å². The highest BCUT2D eigenvalue weighted by molar-refractivity contribution is 5.91. The Bertz CT molecular complexity index is 1230. The van der Waals surface area contributed by atoms with Crippen molar-refractivity contribution in [3.63, 3.8) is 0 Å². The molecule has 1 heterocycles. The minimum Gasteiger partial charge on any atom is -0.504 e. The van der Waals surface area contributed by atoms with Gasteiger partial charge in [0.25, 0.3) is 0 Å². The maximum absolute atomic E-state index is 12.6. The number of hydrogen-bond donors (Lipinski definition) is 6. The van der Waals surface area contributed by atoms with Crippen LogP contribution in [0.3, 0.4) is 0 Å². The highest BCUT2D eigenvalue weighted by Gasteiger charge is 2.35. The standard InChI is InChI=1S/C22H22O11/c1-9(23)17(25)20(28)21(29)22(30)33-15-8-14-16(19(27)18(15)26)11(24)7-13(32-14)10-5-3-4-6-12(10)31-2/h3-9,17,20-21,23,25-29H,1-2H3/t9-,17-,20+,21-/m1/s1. The van der Waals surface area contributed by atoms with Gasteiger partial charge in [-0.1, -0.05) is 12.1 Å². The molecule has 0 saturated carbocycles. The second-order valence-electron chi connectivity index (χ2n) is 7.21. The summed E-state index contributed by atoms with van der Waals surface area (Å²) in [4.78, 5) is 24.8. The van der Waals surface area contributed by atoms with Crippen LogP contribution in [0.5, 0.6) is 23.0 Å². The van der Waals surface area contributed by atoms with E-state index < -0.39 is 58.4 Å². The highest BCUT2D eigenvalue weighted by Crippen LogP contribution is 2.42. The number of aromatic hydroxyl groups is 2. The molecule has 3 aromatic rings. The predicted octanol–water partition coefficient (Wildman–Crippen LogP) is 0.249. The molecule has 0 radical (unpaired) electrons. The van der Waals surface area contributed by atoms with Crippen LogP contribution in [0.4, 0.5) is 0 Å². The van der Waals surface area contributed by atoms with Crippen molar-refractivity contribution in [3.8, 4) is 34.3 Å². The van der Waals surface area contributed by atoms with Crippen LogP contribution in [0.1, 0.15) is 6.92 Å². The third-order valence-corrected chi connectivity index (χ3v) is 4.92. The van der Waals surface area contributed by atoms with Gasteiger partial charge in [-0.05, 0) is 19.1 Å². The Morgan fingerprint density at radius 2 is 1.64 bits per heavy atom. The molecule has 6 N–H and O–H groups in total. The number of hydrogen-bond acceptors (Lipinski definition) is 11. The van der Waals surface area contributed by atoms with E-state index in [1.807, 2.05) is 0 Å². The molecule has 11 nitrogen and oxygen atoms in total.